The summed E-state index contributed by atoms with van der Waals surface area (Å²) in [5.41, 5.74) is 7.03. The van der Waals surface area contributed by atoms with E-state index in [1.54, 1.807) is 4.90 Å². The highest BCUT2D eigenvalue weighted by Gasteiger charge is 2.30. The standard InChI is InChI=1S/C22H25N3O3/c23-24-21(26)13-15-9-11-25(12-10-15)22(27)28-14-20-18-7-3-1-5-16(18)17-6-2-4-8-19(17)20/h1-8,15,20H,9-14,23H2,(H,24,26). The lowest BCUT2D eigenvalue weighted by atomic mass is 9.93. The molecule has 0 saturated carbocycles. The molecule has 28 heavy (non-hydrogen) atoms. The average molecular weight is 379 g/mol. The minimum atomic E-state index is -0.274. The fourth-order valence-corrected chi connectivity index (χ4v) is 4.33. The molecule has 1 aliphatic heterocycles. The summed E-state index contributed by atoms with van der Waals surface area (Å²) in [5, 5.41) is 0. The van der Waals surface area contributed by atoms with Gasteiger partial charge in [-0.25, -0.2) is 10.6 Å². The average Bonchev–Trinajstić information content (AvgIpc) is 3.06. The van der Waals surface area contributed by atoms with E-state index in [9.17, 15) is 9.59 Å². The molecule has 6 nitrogen and oxygen atoms in total. The van der Waals surface area contributed by atoms with Crippen LogP contribution in [-0.4, -0.2) is 36.6 Å². The van der Waals surface area contributed by atoms with E-state index in [2.05, 4.69) is 29.7 Å². The van der Waals surface area contributed by atoms with Gasteiger partial charge in [-0.2, -0.15) is 0 Å². The van der Waals surface area contributed by atoms with E-state index in [0.29, 0.717) is 26.1 Å². The fourth-order valence-electron chi connectivity index (χ4n) is 4.33. The Hall–Kier alpha value is -2.86. The lowest BCUT2D eigenvalue weighted by Gasteiger charge is -2.31. The maximum absolute atomic E-state index is 12.6. The Balaban J connectivity index is 1.36. The van der Waals surface area contributed by atoms with E-state index in [0.717, 1.165) is 12.8 Å². The van der Waals surface area contributed by atoms with Gasteiger partial charge in [-0.15, -0.1) is 0 Å². The summed E-state index contributed by atoms with van der Waals surface area (Å²) in [6, 6.07) is 16.6. The normalized spacial score (nSPS) is 16.4. The van der Waals surface area contributed by atoms with Crippen LogP contribution in [0.15, 0.2) is 48.5 Å². The van der Waals surface area contributed by atoms with E-state index >= 15 is 0 Å². The molecule has 2 amide bonds. The molecule has 0 radical (unpaired) electrons. The summed E-state index contributed by atoms with van der Waals surface area (Å²) in [7, 11) is 0. The van der Waals surface area contributed by atoms with E-state index < -0.39 is 0 Å². The van der Waals surface area contributed by atoms with Crippen LogP contribution in [0.2, 0.25) is 0 Å². The number of nitrogens with two attached hydrogens (primary N) is 1. The molecule has 0 unspecified atom stereocenters. The molecule has 146 valence electrons. The number of rotatable bonds is 4. The van der Waals surface area contributed by atoms with Crippen molar-refractivity contribution in [2.24, 2.45) is 11.8 Å². The Bertz CT molecular complexity index is 829. The molecule has 0 aromatic heterocycles. The summed E-state index contributed by atoms with van der Waals surface area (Å²) >= 11 is 0. The van der Waals surface area contributed by atoms with E-state index in [-0.39, 0.29) is 23.8 Å². The number of carbonyl (C=O) groups excluding carboxylic acids is 2. The molecule has 6 heteroatoms. The zero-order valence-electron chi connectivity index (χ0n) is 15.8. The van der Waals surface area contributed by atoms with E-state index in [4.69, 9.17) is 10.6 Å². The topological polar surface area (TPSA) is 84.7 Å². The van der Waals surface area contributed by atoms with Crippen LogP contribution < -0.4 is 11.3 Å². The van der Waals surface area contributed by atoms with Gasteiger partial charge in [0.1, 0.15) is 6.61 Å². The third-order valence-electron chi connectivity index (χ3n) is 5.84. The van der Waals surface area contributed by atoms with E-state index in [1.807, 2.05) is 24.3 Å². The van der Waals surface area contributed by atoms with Gasteiger partial charge in [-0.05, 0) is 41.0 Å². The van der Waals surface area contributed by atoms with Crippen molar-refractivity contribution in [1.82, 2.24) is 10.3 Å². The molecular weight excluding hydrogens is 354 g/mol. The highest BCUT2D eigenvalue weighted by atomic mass is 16.6. The second-order valence-corrected chi connectivity index (χ2v) is 7.51. The van der Waals surface area contributed by atoms with Crippen LogP contribution in [0.5, 0.6) is 0 Å². The van der Waals surface area contributed by atoms with Crippen molar-refractivity contribution >= 4 is 12.0 Å². The number of hydrazine groups is 1. The lowest BCUT2D eigenvalue weighted by molar-refractivity contribution is -0.122. The molecule has 1 heterocycles. The third kappa shape index (κ3) is 3.60. The number of amides is 2. The van der Waals surface area contributed by atoms with Crippen LogP contribution in [0.25, 0.3) is 11.1 Å². The summed E-state index contributed by atoms with van der Waals surface area (Å²) < 4.78 is 5.70. The maximum Gasteiger partial charge on any atom is 0.409 e. The van der Waals surface area contributed by atoms with Gasteiger partial charge < -0.3 is 9.64 Å². The van der Waals surface area contributed by atoms with Crippen LogP contribution in [0.4, 0.5) is 4.79 Å². The van der Waals surface area contributed by atoms with Crippen LogP contribution in [0.1, 0.15) is 36.3 Å². The Morgan fingerprint density at radius 2 is 1.57 bits per heavy atom. The molecule has 0 bridgehead atoms. The second kappa shape index (κ2) is 8.02. The zero-order chi connectivity index (χ0) is 19.5. The van der Waals surface area contributed by atoms with Crippen LogP contribution >= 0.6 is 0 Å². The smallest absolute Gasteiger partial charge is 0.409 e. The van der Waals surface area contributed by atoms with Crippen molar-refractivity contribution in [2.45, 2.75) is 25.2 Å². The Labute approximate surface area is 164 Å². The summed E-state index contributed by atoms with van der Waals surface area (Å²) in [6.07, 6.45) is 1.72. The second-order valence-electron chi connectivity index (χ2n) is 7.51. The number of carbonyl (C=O) groups is 2. The Morgan fingerprint density at radius 3 is 2.14 bits per heavy atom. The predicted molar refractivity (Wildman–Crippen MR) is 106 cm³/mol. The number of nitrogens with zero attached hydrogens (tertiary/aromatic N) is 1. The number of fused-ring (bicyclic) bond motifs is 3. The van der Waals surface area contributed by atoms with E-state index in [1.165, 1.54) is 22.3 Å². The first kappa shape index (κ1) is 18.5. The Kier molecular flexibility index (Phi) is 5.30. The predicted octanol–water partition coefficient (Wildman–Crippen LogP) is 3.03. The highest BCUT2D eigenvalue weighted by Crippen LogP contribution is 2.44. The summed E-state index contributed by atoms with van der Waals surface area (Å²) in [5.74, 6) is 5.33. The van der Waals surface area contributed by atoms with Crippen LogP contribution in [0, 0.1) is 5.92 Å². The largest absolute Gasteiger partial charge is 0.448 e. The minimum Gasteiger partial charge on any atom is -0.448 e. The van der Waals surface area contributed by atoms with Crippen molar-refractivity contribution in [3.8, 4) is 11.1 Å². The van der Waals surface area contributed by atoms with Gasteiger partial charge in [0.15, 0.2) is 0 Å². The highest BCUT2D eigenvalue weighted by molar-refractivity contribution is 5.79. The van der Waals surface area contributed by atoms with Crippen molar-refractivity contribution in [3.63, 3.8) is 0 Å². The summed E-state index contributed by atoms with van der Waals surface area (Å²) in [6.45, 7) is 1.56. The molecule has 2 aliphatic rings. The molecule has 3 N–H and O–H groups in total. The zero-order valence-corrected chi connectivity index (χ0v) is 15.8. The third-order valence-corrected chi connectivity index (χ3v) is 5.84. The molecule has 1 fully saturated rings. The van der Waals surface area contributed by atoms with Gasteiger partial charge >= 0.3 is 6.09 Å². The number of likely N-dealkylation sites (tertiary alicyclic amines) is 1. The summed E-state index contributed by atoms with van der Waals surface area (Å²) in [4.78, 5) is 25.7. The lowest BCUT2D eigenvalue weighted by Crippen LogP contribution is -2.41. The van der Waals surface area contributed by atoms with Gasteiger partial charge in [0.25, 0.3) is 0 Å². The number of piperidine rings is 1. The van der Waals surface area contributed by atoms with Gasteiger partial charge in [0.2, 0.25) is 5.91 Å². The number of hydrogen-bond donors (Lipinski definition) is 2. The monoisotopic (exact) mass is 379 g/mol. The molecule has 0 spiro atoms. The molecule has 1 saturated heterocycles. The van der Waals surface area contributed by atoms with Gasteiger partial charge in [-0.3, -0.25) is 10.2 Å². The molecule has 0 atom stereocenters. The van der Waals surface area contributed by atoms with Gasteiger partial charge in [-0.1, -0.05) is 48.5 Å². The van der Waals surface area contributed by atoms with Crippen LogP contribution in [0.3, 0.4) is 0 Å². The van der Waals surface area contributed by atoms with Gasteiger partial charge in [0.05, 0.1) is 0 Å². The van der Waals surface area contributed by atoms with Crippen LogP contribution in [-0.2, 0) is 9.53 Å². The first-order valence-corrected chi connectivity index (χ1v) is 9.76. The van der Waals surface area contributed by atoms with Crippen molar-refractivity contribution in [3.05, 3.63) is 59.7 Å². The number of hydrogen-bond acceptors (Lipinski definition) is 4. The van der Waals surface area contributed by atoms with Crippen molar-refractivity contribution < 1.29 is 14.3 Å². The maximum atomic E-state index is 12.6. The number of benzene rings is 2. The first-order chi connectivity index (χ1) is 13.7. The SMILES string of the molecule is NNC(=O)CC1CCN(C(=O)OCC2c3ccccc3-c3ccccc32)CC1. The van der Waals surface area contributed by atoms with Gasteiger partial charge in [0, 0.05) is 25.4 Å². The molecule has 2 aromatic rings. The molecular formula is C22H25N3O3. The number of ether oxygens (including phenoxy) is 1. The quantitative estimate of drug-likeness (QED) is 0.486. The fraction of sp³-hybridized carbons (Fsp3) is 0.364. The molecule has 1 aliphatic carbocycles. The molecule has 2 aromatic carbocycles. The van der Waals surface area contributed by atoms with Crippen molar-refractivity contribution in [1.29, 1.82) is 0 Å². The Morgan fingerprint density at radius 1 is 1.00 bits per heavy atom. The minimum absolute atomic E-state index is 0.0714. The van der Waals surface area contributed by atoms with Crippen molar-refractivity contribution in [2.75, 3.05) is 19.7 Å². The molecule has 4 rings (SSSR count). The first-order valence-electron chi connectivity index (χ1n) is 9.76. The number of nitrogens with one attached hydrogen (secondary N) is 1.